The predicted octanol–water partition coefficient (Wildman–Crippen LogP) is 7.70. The molecule has 4 aliphatic rings. The largest absolute Gasteiger partial charge is 0.748 e. The highest BCUT2D eigenvalue weighted by molar-refractivity contribution is 7.97. The van der Waals surface area contributed by atoms with Crippen molar-refractivity contribution in [1.29, 1.82) is 0 Å². The summed E-state index contributed by atoms with van der Waals surface area (Å²) in [5.74, 6) is -2.35. The highest BCUT2D eigenvalue weighted by atomic mass is 32.2. The molecule has 0 spiro atoms. The van der Waals surface area contributed by atoms with Crippen molar-refractivity contribution in [1.82, 2.24) is 0 Å². The summed E-state index contributed by atoms with van der Waals surface area (Å²) in [6.45, 7) is 12.4. The topological polar surface area (TPSA) is 167 Å². The average Bonchev–Trinajstić information content (AvgIpc) is 3.09. The van der Waals surface area contributed by atoms with Crippen LogP contribution in [0.15, 0.2) is 87.5 Å². The van der Waals surface area contributed by atoms with E-state index in [-0.39, 0.29) is 40.8 Å². The molecule has 7 rings (SSSR count). The number of hydrogen-bond donors (Lipinski definition) is 0. The summed E-state index contributed by atoms with van der Waals surface area (Å²) >= 11 is 0. The van der Waals surface area contributed by atoms with E-state index in [0.717, 1.165) is 33.9 Å². The molecule has 0 radical (unpaired) electrons. The Morgan fingerprint density at radius 2 is 1.17 bits per heavy atom. The molecule has 0 heterocycles. The second-order valence-corrected chi connectivity index (χ2v) is 22.6. The van der Waals surface area contributed by atoms with Crippen LogP contribution in [0.4, 0.5) is 13.2 Å². The minimum Gasteiger partial charge on any atom is -0.748 e. The number of Topliss-reactive ketones (excluding diaryl/α,β-unsaturated/α-hetero) is 1. The monoisotopic (exact) mass is 867 g/mol. The summed E-state index contributed by atoms with van der Waals surface area (Å²) in [7, 11) is -10.1. The molecule has 0 aromatic heterocycles. The fraction of sp³-hybridized carbons (Fsp3) is 0.524. The van der Waals surface area contributed by atoms with Gasteiger partial charge in [0.05, 0.1) is 48.1 Å². The lowest BCUT2D eigenvalue weighted by Crippen LogP contribution is -2.55. The molecule has 58 heavy (non-hydrogen) atoms. The Bertz CT molecular complexity index is 2080. The molecule has 4 saturated carbocycles. The molecule has 3 atom stereocenters. The maximum atomic E-state index is 13.3. The van der Waals surface area contributed by atoms with Gasteiger partial charge >= 0.3 is 12.1 Å². The number of ether oxygens (including phenoxy) is 2. The Labute approximate surface area is 342 Å². The van der Waals surface area contributed by atoms with Crippen molar-refractivity contribution in [3.05, 3.63) is 83.9 Å². The summed E-state index contributed by atoms with van der Waals surface area (Å²) in [4.78, 5) is 27.2. The van der Waals surface area contributed by atoms with Gasteiger partial charge < -0.3 is 18.6 Å². The summed E-state index contributed by atoms with van der Waals surface area (Å²) in [6, 6.07) is 22.8. The van der Waals surface area contributed by atoms with Gasteiger partial charge in [-0.25, -0.2) is 16.8 Å². The van der Waals surface area contributed by atoms with Gasteiger partial charge in [-0.1, -0.05) is 65.8 Å². The molecule has 0 N–H and O–H groups in total. The number of hydrogen-bond acceptors (Lipinski definition) is 10. The van der Waals surface area contributed by atoms with Gasteiger partial charge in [-0.15, -0.1) is 0 Å². The summed E-state index contributed by atoms with van der Waals surface area (Å²) in [5.41, 5.74) is 1.72. The standard InChI is InChI=1S/C29H33F3O4S2.C13H18O6S/c1-27(2,3)20-7-13-23(14-8-20)37(24-15-9-21(10-16-24)28(4,5)6)25-17-11-22(12-18-25)36-26(29(30,31)32)19-38(33,34)35;14-11-9-3-8-4-10(11)7-13(5-8,6-9)12(15)19-1-2-20(16,17)18/h7-18,26H,19H2,1-6H3;8-10H,1-7H2,(H,16,17,18)/p-1. The Morgan fingerprint density at radius 1 is 0.741 bits per heavy atom. The first-order valence-electron chi connectivity index (χ1n) is 19.0. The molecule has 0 saturated heterocycles. The van der Waals surface area contributed by atoms with Gasteiger partial charge in [-0.05, 0) is 109 Å². The normalized spacial score (nSPS) is 22.6. The number of halogens is 3. The van der Waals surface area contributed by atoms with Crippen LogP contribution in [0, 0.1) is 23.2 Å². The summed E-state index contributed by atoms with van der Waals surface area (Å²) < 4.78 is 114. The van der Waals surface area contributed by atoms with E-state index in [1.165, 1.54) is 23.3 Å². The Morgan fingerprint density at radius 3 is 1.55 bits per heavy atom. The van der Waals surface area contributed by atoms with Crippen LogP contribution in [-0.4, -0.2) is 68.1 Å². The van der Waals surface area contributed by atoms with Crippen molar-refractivity contribution in [2.45, 2.75) is 111 Å². The van der Waals surface area contributed by atoms with Gasteiger partial charge in [0.25, 0.3) is 0 Å². The molecule has 3 aromatic rings. The minimum atomic E-state index is -5.14. The van der Waals surface area contributed by atoms with Crippen LogP contribution in [0.25, 0.3) is 0 Å². The summed E-state index contributed by atoms with van der Waals surface area (Å²) in [5, 5.41) is 0. The molecule has 0 aliphatic heterocycles. The first-order valence-corrected chi connectivity index (χ1v) is 23.4. The molecule has 3 aromatic carbocycles. The highest BCUT2D eigenvalue weighted by Gasteiger charge is 2.59. The summed E-state index contributed by atoms with van der Waals surface area (Å²) in [6.07, 6.45) is -4.22. The second-order valence-electron chi connectivity index (χ2n) is 17.6. The van der Waals surface area contributed by atoms with E-state index < -0.39 is 66.3 Å². The SMILES string of the molecule is CC(C)(C)c1ccc([S+](c2ccc(OC(CS(=O)(=O)[O-])C(F)(F)F)cc2)c2ccc(C(C)(C)C)cc2)cc1.O=C1C2CC3CC1CC(C(=O)OCCS(=O)(=O)[O-])(C3)C2. The molecule has 3 unspecified atom stereocenters. The molecular weight excluding hydrogens is 818 g/mol. The first kappa shape index (κ1) is 45.6. The zero-order valence-electron chi connectivity index (χ0n) is 33.3. The zero-order valence-corrected chi connectivity index (χ0v) is 35.8. The molecule has 10 nitrogen and oxygen atoms in total. The van der Waals surface area contributed by atoms with Crippen molar-refractivity contribution in [3.63, 3.8) is 0 Å². The van der Waals surface area contributed by atoms with Crippen LogP contribution in [0.2, 0.25) is 0 Å². The van der Waals surface area contributed by atoms with E-state index in [4.69, 9.17) is 9.47 Å². The minimum absolute atomic E-state index is 0.0168. The molecule has 4 fully saturated rings. The lowest BCUT2D eigenvalue weighted by molar-refractivity contribution is -0.188. The van der Waals surface area contributed by atoms with Gasteiger partial charge in [0.1, 0.15) is 18.1 Å². The van der Waals surface area contributed by atoms with Crippen LogP contribution >= 0.6 is 0 Å². The fourth-order valence-electron chi connectivity index (χ4n) is 8.18. The van der Waals surface area contributed by atoms with Gasteiger partial charge in [0.15, 0.2) is 14.7 Å². The van der Waals surface area contributed by atoms with Crippen LogP contribution in [0.3, 0.4) is 0 Å². The number of carbonyl (C=O) groups excluding carboxylic acids is 2. The molecule has 4 aliphatic carbocycles. The van der Waals surface area contributed by atoms with E-state index in [9.17, 15) is 48.7 Å². The Kier molecular flexibility index (Phi) is 13.3. The number of rotatable bonds is 11. The lowest BCUT2D eigenvalue weighted by Gasteiger charge is -2.53. The molecule has 0 amide bonds. The third-order valence-corrected chi connectivity index (χ3v) is 14.6. The lowest BCUT2D eigenvalue weighted by atomic mass is 9.49. The van der Waals surface area contributed by atoms with Crippen molar-refractivity contribution in [3.8, 4) is 5.75 Å². The molecular formula is C42H50F3O10S3-. The maximum Gasteiger partial charge on any atom is 0.426 e. The third-order valence-electron chi connectivity index (χ3n) is 11.0. The van der Waals surface area contributed by atoms with E-state index >= 15 is 0 Å². The van der Waals surface area contributed by atoms with Crippen molar-refractivity contribution in [2.75, 3.05) is 18.1 Å². The van der Waals surface area contributed by atoms with Crippen molar-refractivity contribution in [2.24, 2.45) is 23.2 Å². The number of alkyl halides is 3. The van der Waals surface area contributed by atoms with Crippen molar-refractivity contribution < 1.29 is 58.2 Å². The van der Waals surface area contributed by atoms with Crippen molar-refractivity contribution >= 4 is 42.9 Å². The van der Waals surface area contributed by atoms with Crippen LogP contribution in [0.1, 0.15) is 84.8 Å². The molecule has 4 bridgehead atoms. The Balaban J connectivity index is 0.000000266. The van der Waals surface area contributed by atoms with E-state index in [0.29, 0.717) is 18.8 Å². The van der Waals surface area contributed by atoms with Crippen LogP contribution < -0.4 is 4.74 Å². The fourth-order valence-corrected chi connectivity index (χ4v) is 11.1. The van der Waals surface area contributed by atoms with Gasteiger partial charge in [-0.2, -0.15) is 13.2 Å². The van der Waals surface area contributed by atoms with Gasteiger partial charge in [-0.3, -0.25) is 9.59 Å². The van der Waals surface area contributed by atoms with E-state index in [2.05, 4.69) is 90.1 Å². The third kappa shape index (κ3) is 11.6. The zero-order chi connectivity index (χ0) is 43.1. The molecule has 16 heteroatoms. The number of ketones is 1. The number of carbonyl (C=O) groups is 2. The number of benzene rings is 3. The van der Waals surface area contributed by atoms with Crippen LogP contribution in [0.5, 0.6) is 5.75 Å². The van der Waals surface area contributed by atoms with E-state index in [1.54, 1.807) is 12.1 Å². The quantitative estimate of drug-likeness (QED) is 0.106. The average molecular weight is 868 g/mol. The Hall–Kier alpha value is -3.44. The van der Waals surface area contributed by atoms with Crippen LogP contribution in [-0.2, 0) is 56.3 Å². The van der Waals surface area contributed by atoms with Gasteiger partial charge in [0.2, 0.25) is 6.10 Å². The second kappa shape index (κ2) is 16.9. The predicted molar refractivity (Wildman–Crippen MR) is 210 cm³/mol. The number of esters is 1. The highest BCUT2D eigenvalue weighted by Crippen LogP contribution is 2.59. The smallest absolute Gasteiger partial charge is 0.426 e. The first-order chi connectivity index (χ1) is 26.6. The maximum absolute atomic E-state index is 13.3. The molecule has 318 valence electrons. The van der Waals surface area contributed by atoms with Gasteiger partial charge in [0, 0.05) is 11.8 Å². The van der Waals surface area contributed by atoms with E-state index in [1.807, 2.05) is 0 Å².